The highest BCUT2D eigenvalue weighted by molar-refractivity contribution is 14.0. The zero-order valence-corrected chi connectivity index (χ0v) is 14.8. The third-order valence-corrected chi connectivity index (χ3v) is 3.47. The number of benzene rings is 1. The van der Waals surface area contributed by atoms with Gasteiger partial charge in [-0.05, 0) is 30.5 Å². The maximum atomic E-state index is 4.24. The van der Waals surface area contributed by atoms with Gasteiger partial charge in [-0.15, -0.1) is 24.0 Å². The van der Waals surface area contributed by atoms with Gasteiger partial charge in [0.15, 0.2) is 5.96 Å². The van der Waals surface area contributed by atoms with E-state index in [1.165, 1.54) is 5.56 Å². The van der Waals surface area contributed by atoms with Crippen molar-refractivity contribution in [2.45, 2.75) is 25.4 Å². The van der Waals surface area contributed by atoms with E-state index in [1.54, 1.807) is 7.05 Å². The van der Waals surface area contributed by atoms with Crippen molar-refractivity contribution < 1.29 is 0 Å². The molecule has 104 valence electrons. The molecule has 0 unspecified atom stereocenters. The molecule has 0 amide bonds. The summed E-state index contributed by atoms with van der Waals surface area (Å²) >= 11 is 3.43. The molecule has 1 aliphatic carbocycles. The van der Waals surface area contributed by atoms with E-state index in [4.69, 9.17) is 0 Å². The summed E-state index contributed by atoms with van der Waals surface area (Å²) in [7, 11) is 1.80. The van der Waals surface area contributed by atoms with E-state index >= 15 is 0 Å². The van der Waals surface area contributed by atoms with E-state index in [1.807, 2.05) is 12.1 Å². The van der Waals surface area contributed by atoms with Crippen LogP contribution in [-0.4, -0.2) is 19.0 Å². The normalized spacial score (nSPS) is 15.2. The molecule has 5 heteroatoms. The molecule has 0 heterocycles. The Labute approximate surface area is 140 Å². The number of rotatable bonds is 3. The predicted molar refractivity (Wildman–Crippen MR) is 95.1 cm³/mol. The number of nitrogens with zero attached hydrogens (tertiary/aromatic N) is 1. The monoisotopic (exact) mass is 435 g/mol. The molecule has 1 aromatic rings. The van der Waals surface area contributed by atoms with Gasteiger partial charge in [0.2, 0.25) is 0 Å². The Morgan fingerprint density at radius 1 is 1.26 bits per heavy atom. The number of nitrogens with one attached hydrogen (secondary N) is 2. The van der Waals surface area contributed by atoms with Crippen molar-refractivity contribution in [1.29, 1.82) is 0 Å². The second kappa shape index (κ2) is 8.58. The highest BCUT2D eigenvalue weighted by Gasteiger charge is 2.11. The summed E-state index contributed by atoms with van der Waals surface area (Å²) in [5.74, 6) is 0.867. The highest BCUT2D eigenvalue weighted by Crippen LogP contribution is 2.11. The number of hydrogen-bond donors (Lipinski definition) is 2. The van der Waals surface area contributed by atoms with Gasteiger partial charge in [0.25, 0.3) is 0 Å². The lowest BCUT2D eigenvalue weighted by molar-refractivity contribution is 0.633. The largest absolute Gasteiger partial charge is 0.353 e. The Balaban J connectivity index is 0.00000180. The van der Waals surface area contributed by atoms with Crippen LogP contribution in [0.1, 0.15) is 18.4 Å². The van der Waals surface area contributed by atoms with Crippen LogP contribution in [0.5, 0.6) is 0 Å². The molecule has 0 atom stereocenters. The number of halogens is 2. The Bertz CT molecular complexity index is 435. The van der Waals surface area contributed by atoms with E-state index in [2.05, 4.69) is 55.8 Å². The highest BCUT2D eigenvalue weighted by atomic mass is 127. The molecule has 19 heavy (non-hydrogen) atoms. The van der Waals surface area contributed by atoms with Crippen molar-refractivity contribution in [1.82, 2.24) is 10.6 Å². The summed E-state index contributed by atoms with van der Waals surface area (Å²) in [6.45, 7) is 0.785. The average molecular weight is 436 g/mol. The Hall–Kier alpha value is -0.560. The molecule has 1 aliphatic rings. The molecule has 2 N–H and O–H groups in total. The van der Waals surface area contributed by atoms with Gasteiger partial charge >= 0.3 is 0 Å². The fourth-order valence-corrected chi connectivity index (χ4v) is 2.18. The van der Waals surface area contributed by atoms with Crippen LogP contribution in [0.2, 0.25) is 0 Å². The van der Waals surface area contributed by atoms with Crippen molar-refractivity contribution in [3.63, 3.8) is 0 Å². The van der Waals surface area contributed by atoms with Gasteiger partial charge in [0, 0.05) is 24.1 Å². The van der Waals surface area contributed by atoms with Crippen LogP contribution < -0.4 is 10.6 Å². The maximum absolute atomic E-state index is 4.24. The molecule has 0 aromatic heterocycles. The van der Waals surface area contributed by atoms with E-state index in [9.17, 15) is 0 Å². The van der Waals surface area contributed by atoms with Gasteiger partial charge in [0.1, 0.15) is 0 Å². The molecule has 0 saturated carbocycles. The first-order valence-corrected chi connectivity index (χ1v) is 6.94. The van der Waals surface area contributed by atoms with E-state index in [-0.39, 0.29) is 24.0 Å². The lowest BCUT2D eigenvalue weighted by Gasteiger charge is -2.16. The van der Waals surface area contributed by atoms with Crippen LogP contribution in [0.4, 0.5) is 0 Å². The van der Waals surface area contributed by atoms with Gasteiger partial charge in [-0.3, -0.25) is 4.99 Å². The van der Waals surface area contributed by atoms with Crippen LogP contribution in [0.3, 0.4) is 0 Å². The maximum Gasteiger partial charge on any atom is 0.191 e. The first kappa shape index (κ1) is 16.5. The van der Waals surface area contributed by atoms with E-state index < -0.39 is 0 Å². The smallest absolute Gasteiger partial charge is 0.191 e. The first-order chi connectivity index (χ1) is 8.78. The Morgan fingerprint density at radius 2 is 1.89 bits per heavy atom. The van der Waals surface area contributed by atoms with Crippen molar-refractivity contribution in [3.05, 3.63) is 46.5 Å². The number of hydrogen-bond acceptors (Lipinski definition) is 1. The average Bonchev–Trinajstić information content (AvgIpc) is 2.89. The van der Waals surface area contributed by atoms with Crippen molar-refractivity contribution >= 4 is 45.9 Å². The zero-order chi connectivity index (χ0) is 12.8. The summed E-state index contributed by atoms with van der Waals surface area (Å²) in [6.07, 6.45) is 6.58. The quantitative estimate of drug-likeness (QED) is 0.330. The summed E-state index contributed by atoms with van der Waals surface area (Å²) in [6, 6.07) is 8.78. The predicted octanol–water partition coefficient (Wildman–Crippen LogP) is 3.45. The second-order valence-corrected chi connectivity index (χ2v) is 5.25. The molecule has 0 saturated heterocycles. The second-order valence-electron chi connectivity index (χ2n) is 4.34. The van der Waals surface area contributed by atoms with Crippen molar-refractivity contribution in [2.24, 2.45) is 4.99 Å². The number of guanidine groups is 1. The summed E-state index contributed by atoms with van der Waals surface area (Å²) in [4.78, 5) is 4.24. The molecule has 0 radical (unpaired) electrons. The van der Waals surface area contributed by atoms with Gasteiger partial charge in [0.05, 0.1) is 0 Å². The molecule has 2 rings (SSSR count). The first-order valence-electron chi connectivity index (χ1n) is 6.14. The minimum absolute atomic E-state index is 0. The molecule has 0 spiro atoms. The fourth-order valence-electron chi connectivity index (χ4n) is 1.91. The van der Waals surface area contributed by atoms with Gasteiger partial charge in [-0.1, -0.05) is 40.2 Å². The minimum atomic E-state index is 0. The number of aliphatic imine (C=N–C) groups is 1. The summed E-state index contributed by atoms with van der Waals surface area (Å²) in [5, 5.41) is 6.74. The zero-order valence-electron chi connectivity index (χ0n) is 10.9. The molecule has 3 nitrogen and oxygen atoms in total. The van der Waals surface area contributed by atoms with Crippen LogP contribution in [0.25, 0.3) is 0 Å². The van der Waals surface area contributed by atoms with Crippen molar-refractivity contribution in [3.8, 4) is 0 Å². The standard InChI is InChI=1S/C14H18BrN3.HI/c1-16-14(18-13-4-2-3-5-13)17-10-11-6-8-12(15)9-7-11;/h2-3,6-9,13H,4-5,10H2,1H3,(H2,16,17,18);1H. The van der Waals surface area contributed by atoms with Crippen molar-refractivity contribution in [2.75, 3.05) is 7.05 Å². The Morgan fingerprint density at radius 3 is 2.47 bits per heavy atom. The van der Waals surface area contributed by atoms with Crippen LogP contribution in [0.15, 0.2) is 45.9 Å². The lowest BCUT2D eigenvalue weighted by atomic mass is 10.2. The molecule has 1 aromatic carbocycles. The summed E-state index contributed by atoms with van der Waals surface area (Å²) in [5.41, 5.74) is 1.24. The van der Waals surface area contributed by atoms with Crippen LogP contribution in [0, 0.1) is 0 Å². The molecule has 0 fully saturated rings. The topological polar surface area (TPSA) is 36.4 Å². The molecular formula is C14H19BrIN3. The summed E-state index contributed by atoms with van der Waals surface area (Å²) < 4.78 is 1.10. The van der Waals surface area contributed by atoms with E-state index in [0.717, 1.165) is 29.8 Å². The van der Waals surface area contributed by atoms with Crippen LogP contribution in [-0.2, 0) is 6.54 Å². The lowest BCUT2D eigenvalue weighted by Crippen LogP contribution is -2.42. The third kappa shape index (κ3) is 5.52. The van der Waals surface area contributed by atoms with Gasteiger partial charge in [-0.25, -0.2) is 0 Å². The SMILES string of the molecule is CN=C(NCc1ccc(Br)cc1)NC1CC=CC1.I. The van der Waals surface area contributed by atoms with E-state index in [0.29, 0.717) is 6.04 Å². The van der Waals surface area contributed by atoms with Gasteiger partial charge < -0.3 is 10.6 Å². The minimum Gasteiger partial charge on any atom is -0.353 e. The fraction of sp³-hybridized carbons (Fsp3) is 0.357. The third-order valence-electron chi connectivity index (χ3n) is 2.95. The molecule has 0 bridgehead atoms. The van der Waals surface area contributed by atoms with Crippen LogP contribution >= 0.6 is 39.9 Å². The Kier molecular flexibility index (Phi) is 7.45. The van der Waals surface area contributed by atoms with Gasteiger partial charge in [-0.2, -0.15) is 0 Å². The molecule has 0 aliphatic heterocycles. The molecular weight excluding hydrogens is 417 g/mol.